The lowest BCUT2D eigenvalue weighted by molar-refractivity contribution is -0.0596. The van der Waals surface area contributed by atoms with Crippen molar-refractivity contribution in [2.75, 3.05) is 13.2 Å². The maximum absolute atomic E-state index is 5.89. The van der Waals surface area contributed by atoms with Gasteiger partial charge in [-0.25, -0.2) is 0 Å². The van der Waals surface area contributed by atoms with Crippen LogP contribution < -0.4 is 0 Å². The van der Waals surface area contributed by atoms with Crippen LogP contribution in [0.2, 0.25) is 0 Å². The Hall–Kier alpha value is -0.390. The third-order valence-corrected chi connectivity index (χ3v) is 5.43. The van der Waals surface area contributed by atoms with Gasteiger partial charge < -0.3 is 4.74 Å². The summed E-state index contributed by atoms with van der Waals surface area (Å²) in [4.78, 5) is 2.59. The highest BCUT2D eigenvalue weighted by Gasteiger charge is 2.36. The Morgan fingerprint density at radius 2 is 2.26 bits per heavy atom. The van der Waals surface area contributed by atoms with Gasteiger partial charge in [0.15, 0.2) is 0 Å². The Labute approximate surface area is 123 Å². The minimum Gasteiger partial charge on any atom is -0.375 e. The van der Waals surface area contributed by atoms with Gasteiger partial charge in [0.2, 0.25) is 0 Å². The fraction of sp³-hybridized carbons (Fsp3) is 0.786. The van der Waals surface area contributed by atoms with Crippen LogP contribution in [-0.4, -0.2) is 40.0 Å². The van der Waals surface area contributed by atoms with Crippen molar-refractivity contribution in [3.8, 4) is 0 Å². The van der Waals surface area contributed by atoms with Crippen LogP contribution in [0.15, 0.2) is 4.47 Å². The van der Waals surface area contributed by atoms with E-state index < -0.39 is 0 Å². The molecular formula is C14H22BrN3O. The summed E-state index contributed by atoms with van der Waals surface area (Å²) in [6.45, 7) is 8.05. The monoisotopic (exact) mass is 327 g/mol. The van der Waals surface area contributed by atoms with E-state index in [1.807, 2.05) is 0 Å². The first-order chi connectivity index (χ1) is 9.20. The summed E-state index contributed by atoms with van der Waals surface area (Å²) in [7, 11) is 0. The largest absolute Gasteiger partial charge is 0.375 e. The molecule has 1 saturated heterocycles. The van der Waals surface area contributed by atoms with Crippen molar-refractivity contribution >= 4 is 15.9 Å². The van der Waals surface area contributed by atoms with Crippen LogP contribution in [0.1, 0.15) is 37.6 Å². The molecule has 4 nitrogen and oxygen atoms in total. The highest BCUT2D eigenvalue weighted by Crippen LogP contribution is 2.32. The second-order valence-electron chi connectivity index (χ2n) is 5.54. The van der Waals surface area contributed by atoms with Crippen molar-refractivity contribution in [3.05, 3.63) is 15.9 Å². The van der Waals surface area contributed by atoms with Gasteiger partial charge in [0.25, 0.3) is 0 Å². The SMILES string of the molecule is CCn1nc(C)c(Br)c1CN1CCOC2CCCC21. The first-order valence-corrected chi connectivity index (χ1v) is 8.07. The average molecular weight is 328 g/mol. The average Bonchev–Trinajstić information content (AvgIpc) is 2.99. The van der Waals surface area contributed by atoms with Gasteiger partial charge >= 0.3 is 0 Å². The molecular weight excluding hydrogens is 306 g/mol. The molecule has 2 heterocycles. The zero-order chi connectivity index (χ0) is 13.4. The van der Waals surface area contributed by atoms with Gasteiger partial charge in [0.05, 0.1) is 28.6 Å². The van der Waals surface area contributed by atoms with Crippen LogP contribution in [0.25, 0.3) is 0 Å². The Morgan fingerprint density at radius 1 is 1.42 bits per heavy atom. The van der Waals surface area contributed by atoms with Crippen molar-refractivity contribution in [1.82, 2.24) is 14.7 Å². The van der Waals surface area contributed by atoms with E-state index in [0.29, 0.717) is 12.1 Å². The van der Waals surface area contributed by atoms with E-state index in [2.05, 4.69) is 44.5 Å². The first-order valence-electron chi connectivity index (χ1n) is 7.28. The molecule has 0 spiro atoms. The van der Waals surface area contributed by atoms with E-state index in [-0.39, 0.29) is 0 Å². The molecule has 0 aromatic carbocycles. The minimum atomic E-state index is 0.464. The molecule has 5 heteroatoms. The van der Waals surface area contributed by atoms with E-state index >= 15 is 0 Å². The van der Waals surface area contributed by atoms with Crippen LogP contribution in [0.5, 0.6) is 0 Å². The molecule has 1 aromatic rings. The van der Waals surface area contributed by atoms with Gasteiger partial charge in [-0.2, -0.15) is 5.10 Å². The lowest BCUT2D eigenvalue weighted by Crippen LogP contribution is -2.48. The lowest BCUT2D eigenvalue weighted by Gasteiger charge is -2.37. The maximum Gasteiger partial charge on any atom is 0.0739 e. The molecule has 2 aliphatic rings. The van der Waals surface area contributed by atoms with Gasteiger partial charge in [-0.15, -0.1) is 0 Å². The number of aryl methyl sites for hydroxylation is 2. The molecule has 1 saturated carbocycles. The van der Waals surface area contributed by atoms with Crippen LogP contribution in [0.3, 0.4) is 0 Å². The van der Waals surface area contributed by atoms with Crippen LogP contribution in [0, 0.1) is 6.92 Å². The molecule has 0 N–H and O–H groups in total. The number of hydrogen-bond acceptors (Lipinski definition) is 3. The summed E-state index contributed by atoms with van der Waals surface area (Å²) in [5.74, 6) is 0. The number of hydrogen-bond donors (Lipinski definition) is 0. The molecule has 19 heavy (non-hydrogen) atoms. The number of halogens is 1. The summed E-state index contributed by atoms with van der Waals surface area (Å²) in [6.07, 6.45) is 4.28. The molecule has 1 aliphatic carbocycles. The third-order valence-electron chi connectivity index (χ3n) is 4.40. The summed E-state index contributed by atoms with van der Waals surface area (Å²) in [5.41, 5.74) is 2.40. The Morgan fingerprint density at radius 3 is 3.05 bits per heavy atom. The number of nitrogens with zero attached hydrogens (tertiary/aromatic N) is 3. The van der Waals surface area contributed by atoms with Gasteiger partial charge in [-0.05, 0) is 49.0 Å². The predicted molar refractivity (Wildman–Crippen MR) is 78.1 cm³/mol. The summed E-state index contributed by atoms with van der Waals surface area (Å²) in [5, 5.41) is 4.59. The topological polar surface area (TPSA) is 30.3 Å². The van der Waals surface area contributed by atoms with Gasteiger partial charge in [-0.3, -0.25) is 9.58 Å². The second-order valence-corrected chi connectivity index (χ2v) is 6.33. The number of ether oxygens (including phenoxy) is 1. The number of morpholine rings is 1. The lowest BCUT2D eigenvalue weighted by atomic mass is 10.1. The molecule has 1 aliphatic heterocycles. The molecule has 0 amide bonds. The zero-order valence-corrected chi connectivity index (χ0v) is 13.3. The highest BCUT2D eigenvalue weighted by molar-refractivity contribution is 9.10. The Balaban J connectivity index is 1.80. The van der Waals surface area contributed by atoms with Crippen LogP contribution >= 0.6 is 15.9 Å². The van der Waals surface area contributed by atoms with E-state index in [1.54, 1.807) is 0 Å². The number of rotatable bonds is 3. The summed E-state index contributed by atoms with van der Waals surface area (Å²) < 4.78 is 9.19. The predicted octanol–water partition coefficient (Wildman–Crippen LogP) is 2.73. The van der Waals surface area contributed by atoms with E-state index in [4.69, 9.17) is 4.74 Å². The second kappa shape index (κ2) is 5.54. The fourth-order valence-electron chi connectivity index (χ4n) is 3.41. The molecule has 0 radical (unpaired) electrons. The molecule has 106 valence electrons. The fourth-order valence-corrected chi connectivity index (χ4v) is 3.82. The Bertz CT molecular complexity index is 460. The highest BCUT2D eigenvalue weighted by atomic mass is 79.9. The maximum atomic E-state index is 5.89. The van der Waals surface area contributed by atoms with E-state index in [1.165, 1.54) is 29.4 Å². The quantitative estimate of drug-likeness (QED) is 0.855. The van der Waals surface area contributed by atoms with Crippen molar-refractivity contribution in [3.63, 3.8) is 0 Å². The van der Waals surface area contributed by atoms with Crippen molar-refractivity contribution in [1.29, 1.82) is 0 Å². The molecule has 1 aromatic heterocycles. The zero-order valence-electron chi connectivity index (χ0n) is 11.7. The Kier molecular flexibility index (Phi) is 3.96. The smallest absolute Gasteiger partial charge is 0.0739 e. The van der Waals surface area contributed by atoms with Gasteiger partial charge in [-0.1, -0.05) is 0 Å². The summed E-state index contributed by atoms with van der Waals surface area (Å²) >= 11 is 3.70. The molecule has 2 atom stereocenters. The number of aromatic nitrogens is 2. The van der Waals surface area contributed by atoms with Crippen molar-refractivity contribution < 1.29 is 4.74 Å². The van der Waals surface area contributed by atoms with E-state index in [0.717, 1.165) is 31.9 Å². The standard InChI is InChI=1S/C14H22BrN3O/c1-3-18-12(14(15)10(2)16-18)9-17-7-8-19-13-6-4-5-11(13)17/h11,13H,3-9H2,1-2H3. The summed E-state index contributed by atoms with van der Waals surface area (Å²) in [6, 6.07) is 0.612. The van der Waals surface area contributed by atoms with Gasteiger partial charge in [0, 0.05) is 25.7 Å². The first kappa shape index (κ1) is 13.6. The van der Waals surface area contributed by atoms with Gasteiger partial charge in [0.1, 0.15) is 0 Å². The van der Waals surface area contributed by atoms with Crippen molar-refractivity contribution in [2.45, 2.75) is 58.3 Å². The normalized spacial score (nSPS) is 27.7. The van der Waals surface area contributed by atoms with E-state index in [9.17, 15) is 0 Å². The minimum absolute atomic E-state index is 0.464. The molecule has 0 bridgehead atoms. The van der Waals surface area contributed by atoms with Crippen LogP contribution in [0.4, 0.5) is 0 Å². The molecule has 2 unspecified atom stereocenters. The number of fused-ring (bicyclic) bond motifs is 1. The van der Waals surface area contributed by atoms with Crippen molar-refractivity contribution in [2.24, 2.45) is 0 Å². The molecule has 3 rings (SSSR count). The third kappa shape index (κ3) is 2.48. The molecule has 2 fully saturated rings. The van der Waals surface area contributed by atoms with Crippen LogP contribution in [-0.2, 0) is 17.8 Å².